The fourth-order valence-corrected chi connectivity index (χ4v) is 3.85. The maximum atomic E-state index is 12.9. The fraction of sp³-hybridized carbons (Fsp3) is 0.474. The van der Waals surface area contributed by atoms with Crippen LogP contribution in [0.25, 0.3) is 0 Å². The number of carbonyl (C=O) groups excluding carboxylic acids is 4. The first-order valence-corrected chi connectivity index (χ1v) is 9.00. The highest BCUT2D eigenvalue weighted by Crippen LogP contribution is 2.38. The maximum absolute atomic E-state index is 12.9. The lowest BCUT2D eigenvalue weighted by atomic mass is 9.73. The molecule has 1 saturated heterocycles. The van der Waals surface area contributed by atoms with Crippen LogP contribution < -0.4 is 10.6 Å². The monoisotopic (exact) mass is 373 g/mol. The number of hydrogen-bond donors (Lipinski definition) is 2. The Kier molecular flexibility index (Phi) is 5.16. The molecule has 144 valence electrons. The highest BCUT2D eigenvalue weighted by molar-refractivity contribution is 6.11. The molecule has 1 aliphatic heterocycles. The van der Waals surface area contributed by atoms with E-state index in [0.717, 1.165) is 24.2 Å². The van der Waals surface area contributed by atoms with Gasteiger partial charge in [0.25, 0.3) is 5.91 Å². The van der Waals surface area contributed by atoms with E-state index in [2.05, 4.69) is 10.6 Å². The quantitative estimate of drug-likeness (QED) is 0.620. The molecule has 1 heterocycles. The molecule has 4 amide bonds. The Labute approximate surface area is 157 Å². The van der Waals surface area contributed by atoms with Crippen LogP contribution in [0.4, 0.5) is 10.5 Å². The number of methoxy groups -OCH3 is 1. The summed E-state index contributed by atoms with van der Waals surface area (Å²) in [6.45, 7) is 1.54. The highest BCUT2D eigenvalue weighted by Gasteiger charge is 2.55. The summed E-state index contributed by atoms with van der Waals surface area (Å²) in [5, 5.41) is 5.39. The second-order valence-electron chi connectivity index (χ2n) is 7.02. The number of esters is 1. The summed E-state index contributed by atoms with van der Waals surface area (Å²) in [4.78, 5) is 50.4. The first-order valence-electron chi connectivity index (χ1n) is 9.00. The van der Waals surface area contributed by atoms with Crippen molar-refractivity contribution in [2.24, 2.45) is 5.92 Å². The Morgan fingerprint density at radius 3 is 2.74 bits per heavy atom. The van der Waals surface area contributed by atoms with Crippen LogP contribution in [0.5, 0.6) is 0 Å². The molecule has 1 aromatic carbocycles. The normalized spacial score (nSPS) is 24.7. The van der Waals surface area contributed by atoms with Gasteiger partial charge >= 0.3 is 12.0 Å². The molecule has 0 bridgehead atoms. The van der Waals surface area contributed by atoms with Gasteiger partial charge in [-0.15, -0.1) is 0 Å². The largest absolute Gasteiger partial charge is 0.465 e. The molecule has 1 aliphatic carbocycles. The third-order valence-electron chi connectivity index (χ3n) is 5.41. The Morgan fingerprint density at radius 2 is 2.04 bits per heavy atom. The minimum absolute atomic E-state index is 0.0239. The van der Waals surface area contributed by atoms with Gasteiger partial charge < -0.3 is 15.4 Å². The maximum Gasteiger partial charge on any atom is 0.339 e. The van der Waals surface area contributed by atoms with Gasteiger partial charge in [-0.3, -0.25) is 14.5 Å². The number of amides is 4. The third kappa shape index (κ3) is 3.39. The molecule has 2 N–H and O–H groups in total. The van der Waals surface area contributed by atoms with Crippen molar-refractivity contribution in [1.82, 2.24) is 10.2 Å². The number of nitrogens with one attached hydrogen (secondary N) is 2. The third-order valence-corrected chi connectivity index (χ3v) is 5.41. The van der Waals surface area contributed by atoms with E-state index in [9.17, 15) is 19.2 Å². The Balaban J connectivity index is 1.73. The predicted octanol–water partition coefficient (Wildman–Crippen LogP) is 1.91. The number of urea groups is 1. The number of nitrogens with zero attached hydrogens (tertiary/aromatic N) is 1. The number of hydrogen-bond acceptors (Lipinski definition) is 5. The molecule has 1 aromatic rings. The molecule has 1 saturated carbocycles. The van der Waals surface area contributed by atoms with Gasteiger partial charge in [-0.05, 0) is 30.9 Å². The van der Waals surface area contributed by atoms with Crippen molar-refractivity contribution in [2.45, 2.75) is 38.1 Å². The predicted molar refractivity (Wildman–Crippen MR) is 97.0 cm³/mol. The van der Waals surface area contributed by atoms with Crippen LogP contribution in [-0.2, 0) is 14.3 Å². The zero-order valence-corrected chi connectivity index (χ0v) is 15.4. The molecule has 2 atom stereocenters. The van der Waals surface area contributed by atoms with E-state index in [0.29, 0.717) is 6.42 Å². The van der Waals surface area contributed by atoms with Crippen molar-refractivity contribution < 1.29 is 23.9 Å². The molecule has 3 rings (SSSR count). The van der Waals surface area contributed by atoms with E-state index in [1.54, 1.807) is 18.2 Å². The van der Waals surface area contributed by atoms with Crippen molar-refractivity contribution >= 4 is 29.5 Å². The van der Waals surface area contributed by atoms with Gasteiger partial charge in [0.1, 0.15) is 12.1 Å². The fourth-order valence-electron chi connectivity index (χ4n) is 3.85. The Bertz CT molecular complexity index is 793. The molecule has 0 unspecified atom stereocenters. The van der Waals surface area contributed by atoms with Gasteiger partial charge in [0.05, 0.1) is 18.4 Å². The summed E-state index contributed by atoms with van der Waals surface area (Å²) in [6, 6.07) is 5.83. The van der Waals surface area contributed by atoms with Crippen LogP contribution in [0, 0.1) is 5.92 Å². The number of rotatable bonds is 4. The Hall–Kier alpha value is -2.90. The lowest BCUT2D eigenvalue weighted by Crippen LogP contribution is -2.54. The molecule has 2 aliphatic rings. The summed E-state index contributed by atoms with van der Waals surface area (Å²) < 4.78 is 4.69. The van der Waals surface area contributed by atoms with E-state index in [1.165, 1.54) is 13.2 Å². The molecule has 8 nitrogen and oxygen atoms in total. The lowest BCUT2D eigenvalue weighted by molar-refractivity contribution is -0.136. The number of carbonyl (C=O) groups is 4. The van der Waals surface area contributed by atoms with Gasteiger partial charge in [0, 0.05) is 0 Å². The molecule has 8 heteroatoms. The van der Waals surface area contributed by atoms with E-state index in [-0.39, 0.29) is 23.1 Å². The molecule has 0 aromatic heterocycles. The number of anilines is 1. The standard InChI is InChI=1S/C19H23N3O5/c1-12-7-5-6-10-19(12)17(25)22(18(26)21-19)11-15(23)20-14-9-4-3-8-13(14)16(24)27-2/h3-4,8-9,12H,5-7,10-11H2,1-2H3,(H,20,23)(H,21,26)/t12-,19-/m1/s1. The van der Waals surface area contributed by atoms with E-state index < -0.39 is 30.0 Å². The van der Waals surface area contributed by atoms with E-state index >= 15 is 0 Å². The molecule has 1 spiro atoms. The van der Waals surface area contributed by atoms with Crippen molar-refractivity contribution in [3.8, 4) is 0 Å². The van der Waals surface area contributed by atoms with Crippen LogP contribution in [0.1, 0.15) is 43.0 Å². The molecular weight excluding hydrogens is 350 g/mol. The molecule has 27 heavy (non-hydrogen) atoms. The van der Waals surface area contributed by atoms with Crippen LogP contribution >= 0.6 is 0 Å². The van der Waals surface area contributed by atoms with Gasteiger partial charge in [-0.2, -0.15) is 0 Å². The summed E-state index contributed by atoms with van der Waals surface area (Å²) in [5.41, 5.74) is -0.440. The van der Waals surface area contributed by atoms with Crippen molar-refractivity contribution in [3.63, 3.8) is 0 Å². The van der Waals surface area contributed by atoms with Gasteiger partial charge in [-0.25, -0.2) is 9.59 Å². The van der Waals surface area contributed by atoms with Crippen LogP contribution in [0.2, 0.25) is 0 Å². The minimum atomic E-state index is -0.903. The van der Waals surface area contributed by atoms with Crippen LogP contribution in [-0.4, -0.2) is 47.9 Å². The molecular formula is C19H23N3O5. The van der Waals surface area contributed by atoms with Gasteiger partial charge in [0.2, 0.25) is 5.91 Å². The molecule has 0 radical (unpaired) electrons. The zero-order chi connectivity index (χ0) is 19.6. The van der Waals surface area contributed by atoms with Gasteiger partial charge in [-0.1, -0.05) is 31.9 Å². The highest BCUT2D eigenvalue weighted by atomic mass is 16.5. The average Bonchev–Trinajstić information content (AvgIpc) is 2.89. The number of para-hydroxylation sites is 1. The van der Waals surface area contributed by atoms with Crippen molar-refractivity contribution in [1.29, 1.82) is 0 Å². The molecule has 2 fully saturated rings. The topological polar surface area (TPSA) is 105 Å². The summed E-state index contributed by atoms with van der Waals surface area (Å²) in [5.74, 6) is -1.47. The number of benzene rings is 1. The second-order valence-corrected chi connectivity index (χ2v) is 7.02. The first kappa shape index (κ1) is 18.9. The lowest BCUT2D eigenvalue weighted by Gasteiger charge is -2.36. The SMILES string of the molecule is COC(=O)c1ccccc1NC(=O)CN1C(=O)N[C@@]2(CCCC[C@H]2C)C1=O. The second kappa shape index (κ2) is 7.38. The zero-order valence-electron chi connectivity index (χ0n) is 15.4. The Morgan fingerprint density at radius 1 is 1.30 bits per heavy atom. The smallest absolute Gasteiger partial charge is 0.339 e. The summed E-state index contributed by atoms with van der Waals surface area (Å²) >= 11 is 0. The van der Waals surface area contributed by atoms with Crippen molar-refractivity contribution in [3.05, 3.63) is 29.8 Å². The van der Waals surface area contributed by atoms with Crippen molar-refractivity contribution in [2.75, 3.05) is 19.0 Å². The average molecular weight is 373 g/mol. The van der Waals surface area contributed by atoms with E-state index in [4.69, 9.17) is 4.74 Å². The van der Waals surface area contributed by atoms with E-state index in [1.807, 2.05) is 6.92 Å². The summed E-state index contributed by atoms with van der Waals surface area (Å²) in [6.07, 6.45) is 3.33. The number of ether oxygens (including phenoxy) is 1. The number of imide groups is 1. The summed E-state index contributed by atoms with van der Waals surface area (Å²) in [7, 11) is 1.25. The van der Waals surface area contributed by atoms with Crippen LogP contribution in [0.15, 0.2) is 24.3 Å². The van der Waals surface area contributed by atoms with Crippen LogP contribution in [0.3, 0.4) is 0 Å². The van der Waals surface area contributed by atoms with Gasteiger partial charge in [0.15, 0.2) is 0 Å². The minimum Gasteiger partial charge on any atom is -0.465 e. The first-order chi connectivity index (χ1) is 12.9.